The van der Waals surface area contributed by atoms with Crippen molar-refractivity contribution in [3.63, 3.8) is 0 Å². The number of hydrogen-bond acceptors (Lipinski definition) is 4. The predicted molar refractivity (Wildman–Crippen MR) is 144 cm³/mol. The molecule has 0 saturated heterocycles. The third-order valence-electron chi connectivity index (χ3n) is 5.25. The number of hydrogen-bond donors (Lipinski definition) is 2. The van der Waals surface area contributed by atoms with Crippen LogP contribution in [-0.2, 0) is 4.79 Å². The fourth-order valence-electron chi connectivity index (χ4n) is 3.24. The van der Waals surface area contributed by atoms with Gasteiger partial charge in [-0.25, -0.2) is 4.98 Å². The van der Waals surface area contributed by atoms with Crippen molar-refractivity contribution in [1.29, 1.82) is 0 Å². The molecule has 1 aromatic rings. The van der Waals surface area contributed by atoms with E-state index in [2.05, 4.69) is 26.9 Å². The van der Waals surface area contributed by atoms with E-state index in [1.165, 1.54) is 0 Å². The Balaban J connectivity index is 2.12. The Morgan fingerprint density at radius 3 is 2.62 bits per heavy atom. The first-order valence-electron chi connectivity index (χ1n) is 11.1. The van der Waals surface area contributed by atoms with E-state index in [-0.39, 0.29) is 11.9 Å². The maximum atomic E-state index is 12.6. The summed E-state index contributed by atoms with van der Waals surface area (Å²) in [6.07, 6.45) is 14.9. The van der Waals surface area contributed by atoms with Crippen LogP contribution in [0.5, 0.6) is 0 Å². The van der Waals surface area contributed by atoms with Crippen molar-refractivity contribution in [3.8, 4) is 0 Å². The Kier molecular flexibility index (Phi) is 9.63. The number of aryl methyl sites for hydroxylation is 1. The maximum absolute atomic E-state index is 12.6. The van der Waals surface area contributed by atoms with Crippen molar-refractivity contribution in [2.45, 2.75) is 40.7 Å². The van der Waals surface area contributed by atoms with Gasteiger partial charge in [-0.1, -0.05) is 36.4 Å². The summed E-state index contributed by atoms with van der Waals surface area (Å²) >= 11 is 6.51. The monoisotopic (exact) mass is 479 g/mol. The fraction of sp³-hybridized carbons (Fsp3) is 0.296. The van der Waals surface area contributed by atoms with Gasteiger partial charge in [-0.15, -0.1) is 0 Å². The Hall–Kier alpha value is -3.38. The average Bonchev–Trinajstić information content (AvgIpc) is 3.05. The number of aromatic amines is 1. The molecule has 1 aliphatic rings. The maximum Gasteiger partial charge on any atom is 0.257 e. The number of nitrogens with one attached hydrogen (secondary N) is 2. The molecule has 1 aliphatic heterocycles. The molecule has 1 atom stereocenters. The highest BCUT2D eigenvalue weighted by atomic mass is 35.5. The molecule has 2 heterocycles. The highest BCUT2D eigenvalue weighted by Crippen LogP contribution is 2.22. The van der Waals surface area contributed by atoms with Gasteiger partial charge in [-0.05, 0) is 65.0 Å². The van der Waals surface area contributed by atoms with Gasteiger partial charge < -0.3 is 15.2 Å². The number of likely N-dealkylation sites (N-methyl/N-ethyl adjacent to an activating group) is 1. The van der Waals surface area contributed by atoms with Crippen LogP contribution in [0.4, 0.5) is 0 Å². The number of carbonyl (C=O) groups is 1. The smallest absolute Gasteiger partial charge is 0.257 e. The molecule has 0 spiro atoms. The predicted octanol–water partition coefficient (Wildman–Crippen LogP) is 5.70. The van der Waals surface area contributed by atoms with E-state index in [1.807, 2.05) is 84.0 Å². The second-order valence-electron chi connectivity index (χ2n) is 8.24. The lowest BCUT2D eigenvalue weighted by atomic mass is 10.1. The van der Waals surface area contributed by atoms with Crippen LogP contribution in [0.15, 0.2) is 76.1 Å². The van der Waals surface area contributed by atoms with E-state index >= 15 is 0 Å². The molecule has 2 rings (SSSR count). The second kappa shape index (κ2) is 12.2. The standard InChI is InChI=1S/C27H34ClN5O/c1-9-22(33(7)8)14-16-25-21(6)31-26(32-25)19(4)24(28)15-13-18(3)30-27(34)23-12-10-11-17(2)29-20(23)5/h9-17H,3H2,1-2,4-8H3,(H,30,34)(H,31,32)/b15-13-,16-14-,22-9+,24-19-. The third-order valence-corrected chi connectivity index (χ3v) is 5.66. The van der Waals surface area contributed by atoms with Gasteiger partial charge in [0.25, 0.3) is 5.91 Å². The Morgan fingerprint density at radius 1 is 1.26 bits per heavy atom. The van der Waals surface area contributed by atoms with Crippen molar-refractivity contribution in [2.24, 2.45) is 4.99 Å². The minimum absolute atomic E-state index is 0.0379. The number of rotatable bonds is 8. The molecule has 180 valence electrons. The van der Waals surface area contributed by atoms with Crippen LogP contribution in [0, 0.1) is 6.92 Å². The quantitative estimate of drug-likeness (QED) is 0.470. The molecule has 0 saturated carbocycles. The molecule has 0 aromatic carbocycles. The van der Waals surface area contributed by atoms with Crippen LogP contribution in [0.2, 0.25) is 0 Å². The molecule has 1 unspecified atom stereocenters. The summed E-state index contributed by atoms with van der Waals surface area (Å²) in [7, 11) is 4.00. The van der Waals surface area contributed by atoms with Crippen LogP contribution < -0.4 is 5.32 Å². The van der Waals surface area contributed by atoms with Crippen LogP contribution in [0.3, 0.4) is 0 Å². The lowest BCUT2D eigenvalue weighted by molar-refractivity contribution is -0.116. The van der Waals surface area contributed by atoms with Crippen molar-refractivity contribution in [3.05, 3.63) is 88.3 Å². The van der Waals surface area contributed by atoms with Gasteiger partial charge in [0.15, 0.2) is 0 Å². The van der Waals surface area contributed by atoms with E-state index in [4.69, 9.17) is 11.6 Å². The van der Waals surface area contributed by atoms with Crippen molar-refractivity contribution >= 4 is 34.9 Å². The molecule has 0 bridgehead atoms. The molecule has 1 amide bonds. The molecule has 0 radical (unpaired) electrons. The van der Waals surface area contributed by atoms with Gasteiger partial charge in [0.2, 0.25) is 0 Å². The third kappa shape index (κ3) is 7.32. The zero-order chi connectivity index (χ0) is 25.4. The van der Waals surface area contributed by atoms with Crippen molar-refractivity contribution < 1.29 is 4.79 Å². The van der Waals surface area contributed by atoms with E-state index in [0.717, 1.165) is 22.7 Å². The highest BCUT2D eigenvalue weighted by Gasteiger charge is 2.14. The number of carbonyl (C=O) groups excluding carboxylic acids is 1. The second-order valence-corrected chi connectivity index (χ2v) is 8.65. The van der Waals surface area contributed by atoms with Crippen LogP contribution in [0.25, 0.3) is 11.6 Å². The van der Waals surface area contributed by atoms with Crippen LogP contribution >= 0.6 is 11.6 Å². The van der Waals surface area contributed by atoms with Gasteiger partial charge in [-0.3, -0.25) is 9.79 Å². The number of imidazole rings is 1. The zero-order valence-corrected chi connectivity index (χ0v) is 21.8. The normalized spacial score (nSPS) is 17.4. The molecule has 6 nitrogen and oxygen atoms in total. The number of aliphatic imine (C=N–C) groups is 1. The molecule has 1 aromatic heterocycles. The van der Waals surface area contributed by atoms with E-state index in [1.54, 1.807) is 18.2 Å². The molecule has 0 aliphatic carbocycles. The first kappa shape index (κ1) is 26.9. The summed E-state index contributed by atoms with van der Waals surface area (Å²) < 4.78 is 0. The van der Waals surface area contributed by atoms with E-state index in [9.17, 15) is 4.79 Å². The van der Waals surface area contributed by atoms with Gasteiger partial charge in [-0.2, -0.15) is 0 Å². The van der Waals surface area contributed by atoms with E-state index in [0.29, 0.717) is 27.8 Å². The number of aromatic nitrogens is 2. The SMILES string of the molecule is C=C(/C=C\C(Cl)=C(/C)c1nc(/C=C\C(=C/C)N(C)C)c(C)[nH]1)NC(=O)C1=CC=CC(C)N=C1C. The number of halogens is 1. The molecular weight excluding hydrogens is 446 g/mol. The first-order valence-corrected chi connectivity index (χ1v) is 11.5. The van der Waals surface area contributed by atoms with Crippen molar-refractivity contribution in [2.75, 3.05) is 14.1 Å². The summed E-state index contributed by atoms with van der Waals surface area (Å²) in [5, 5.41) is 3.28. The van der Waals surface area contributed by atoms with Gasteiger partial charge in [0.1, 0.15) is 5.82 Å². The van der Waals surface area contributed by atoms with Gasteiger partial charge in [0.05, 0.1) is 17.3 Å². The Bertz CT molecular complexity index is 1160. The molecule has 34 heavy (non-hydrogen) atoms. The Morgan fingerprint density at radius 2 is 1.97 bits per heavy atom. The molecular formula is C27H34ClN5O. The first-order chi connectivity index (χ1) is 16.0. The fourth-order valence-corrected chi connectivity index (χ4v) is 3.39. The number of H-pyrrole nitrogens is 1. The lowest BCUT2D eigenvalue weighted by Gasteiger charge is -2.12. The Labute approximate surface area is 207 Å². The molecule has 2 N–H and O–H groups in total. The lowest BCUT2D eigenvalue weighted by Crippen LogP contribution is -2.26. The highest BCUT2D eigenvalue weighted by molar-refractivity contribution is 6.34. The molecule has 0 fully saturated rings. The molecule has 7 heteroatoms. The van der Waals surface area contributed by atoms with Crippen molar-refractivity contribution in [1.82, 2.24) is 20.2 Å². The summed E-state index contributed by atoms with van der Waals surface area (Å²) in [5.74, 6) is 0.424. The zero-order valence-electron chi connectivity index (χ0n) is 21.0. The summed E-state index contributed by atoms with van der Waals surface area (Å²) in [4.78, 5) is 27.1. The summed E-state index contributed by atoms with van der Waals surface area (Å²) in [6, 6.07) is 0.0379. The largest absolute Gasteiger partial charge is 0.378 e. The average molecular weight is 480 g/mol. The number of allylic oxidation sites excluding steroid dienone is 8. The summed E-state index contributed by atoms with van der Waals surface area (Å²) in [5.41, 5.74) is 5.28. The number of amides is 1. The topological polar surface area (TPSA) is 73.4 Å². The van der Waals surface area contributed by atoms with E-state index < -0.39 is 0 Å². The number of nitrogens with zero attached hydrogens (tertiary/aromatic N) is 3. The summed E-state index contributed by atoms with van der Waals surface area (Å²) in [6.45, 7) is 13.6. The van der Waals surface area contributed by atoms with Gasteiger partial charge in [0, 0.05) is 47.5 Å². The van der Waals surface area contributed by atoms with Crippen LogP contribution in [0.1, 0.15) is 44.9 Å². The minimum Gasteiger partial charge on any atom is -0.378 e. The van der Waals surface area contributed by atoms with Crippen LogP contribution in [-0.4, -0.2) is 46.6 Å². The van der Waals surface area contributed by atoms with Gasteiger partial charge >= 0.3 is 0 Å². The minimum atomic E-state index is -0.261.